The van der Waals surface area contributed by atoms with Crippen molar-refractivity contribution in [3.63, 3.8) is 0 Å². The van der Waals surface area contributed by atoms with Gasteiger partial charge in [0.25, 0.3) is 0 Å². The zero-order chi connectivity index (χ0) is 27.0. The van der Waals surface area contributed by atoms with Crippen LogP contribution in [0.5, 0.6) is 5.88 Å². The van der Waals surface area contributed by atoms with Crippen molar-refractivity contribution in [3.05, 3.63) is 40.8 Å². The van der Waals surface area contributed by atoms with Crippen LogP contribution < -0.4 is 26.9 Å². The molecule has 0 spiro atoms. The molecule has 9 N–H and O–H groups in total. The molecule has 2 atom stereocenters. The minimum atomic E-state index is -1.86. The Bertz CT molecular complexity index is 1200. The Morgan fingerprint density at radius 2 is 1.86 bits per heavy atom. The van der Waals surface area contributed by atoms with E-state index in [-0.39, 0.29) is 35.1 Å². The summed E-state index contributed by atoms with van der Waals surface area (Å²) in [5, 5.41) is 19.5. The normalized spacial score (nSPS) is 12.3. The zero-order valence-electron chi connectivity index (χ0n) is 19.3. The van der Waals surface area contributed by atoms with Gasteiger partial charge in [0.05, 0.1) is 18.2 Å². The third-order valence-corrected chi connectivity index (χ3v) is 5.08. The minimum absolute atomic E-state index is 0.0884. The van der Waals surface area contributed by atoms with E-state index in [2.05, 4.69) is 9.98 Å². The van der Waals surface area contributed by atoms with Crippen LogP contribution in [0.2, 0.25) is 0 Å². The standard InChI is InChI=1S/C21H27N7O7S/c1-11(29)16(27(12-6-3-2-4-7-12)17(32)13(22)10-15(30)31)19(34)35-28-18(33)14(26-21(28)36)8-5-9-25-20(23)24/h2-4,6-7,13,16,33H,5,8-10,22H2,1H3,(H,26,36)(H,30,31)(H4,23,24,25)/t13-,16-/m0/s1. The average molecular weight is 522 g/mol. The molecule has 0 aliphatic heterocycles. The number of aromatic amines is 1. The molecule has 0 saturated carbocycles. The number of aliphatic carboxylic acids is 1. The maximum absolute atomic E-state index is 13.1. The van der Waals surface area contributed by atoms with Crippen molar-refractivity contribution < 1.29 is 34.2 Å². The van der Waals surface area contributed by atoms with E-state index in [4.69, 9.17) is 39.4 Å². The Labute approximate surface area is 210 Å². The Balaban J connectivity index is 2.38. The SMILES string of the molecule is CC(=O)[C@@H](C(=O)On1c(O)c(CCCN=C(N)N)[nH]c1=S)N(C(=O)[C@@H](N)CC(=O)O)c1ccccc1. The number of Topliss-reactive ketones (excluding diaryl/α,β-unsaturated/α-hetero) is 1. The van der Waals surface area contributed by atoms with Gasteiger partial charge in [0, 0.05) is 12.2 Å². The lowest BCUT2D eigenvalue weighted by atomic mass is 10.1. The number of nitrogens with zero attached hydrogens (tertiary/aromatic N) is 3. The second-order valence-electron chi connectivity index (χ2n) is 7.61. The van der Waals surface area contributed by atoms with Crippen LogP contribution in [0, 0.1) is 4.77 Å². The highest BCUT2D eigenvalue weighted by atomic mass is 32.1. The van der Waals surface area contributed by atoms with Gasteiger partial charge in [-0.15, -0.1) is 4.73 Å². The summed E-state index contributed by atoms with van der Waals surface area (Å²) in [7, 11) is 0. The number of carbonyl (C=O) groups excluding carboxylic acids is 3. The third-order valence-electron chi connectivity index (χ3n) is 4.82. The van der Waals surface area contributed by atoms with Gasteiger partial charge in [-0.3, -0.25) is 24.3 Å². The third kappa shape index (κ3) is 7.13. The van der Waals surface area contributed by atoms with Crippen LogP contribution in [-0.4, -0.2) is 68.1 Å². The van der Waals surface area contributed by atoms with E-state index < -0.39 is 48.0 Å². The summed E-state index contributed by atoms with van der Waals surface area (Å²) in [6.07, 6.45) is -0.0805. The molecule has 1 heterocycles. The van der Waals surface area contributed by atoms with Gasteiger partial charge in [0.2, 0.25) is 16.6 Å². The second kappa shape index (κ2) is 12.5. The fourth-order valence-corrected chi connectivity index (χ4v) is 3.46. The molecule has 0 unspecified atom stereocenters. The van der Waals surface area contributed by atoms with Gasteiger partial charge in [0.1, 0.15) is 0 Å². The molecule has 0 fully saturated rings. The number of rotatable bonds is 12. The molecule has 36 heavy (non-hydrogen) atoms. The number of nitrogens with two attached hydrogens (primary N) is 3. The number of hydrogen-bond donors (Lipinski definition) is 6. The van der Waals surface area contributed by atoms with Gasteiger partial charge < -0.3 is 37.2 Å². The molecule has 2 aromatic rings. The van der Waals surface area contributed by atoms with Crippen LogP contribution in [0.15, 0.2) is 35.3 Å². The summed E-state index contributed by atoms with van der Waals surface area (Å²) in [6, 6.07) is 4.17. The molecule has 1 aromatic carbocycles. The zero-order valence-corrected chi connectivity index (χ0v) is 20.1. The summed E-state index contributed by atoms with van der Waals surface area (Å²) in [5.74, 6) is -5.03. The first-order valence-electron chi connectivity index (χ1n) is 10.6. The second-order valence-corrected chi connectivity index (χ2v) is 8.00. The lowest BCUT2D eigenvalue weighted by molar-refractivity contribution is -0.150. The van der Waals surface area contributed by atoms with E-state index in [9.17, 15) is 24.3 Å². The number of aromatic nitrogens is 2. The first-order chi connectivity index (χ1) is 16.9. The average Bonchev–Trinajstić information content (AvgIpc) is 3.06. The summed E-state index contributed by atoms with van der Waals surface area (Å²) < 4.78 is 0.411. The molecular weight excluding hydrogens is 494 g/mol. The van der Waals surface area contributed by atoms with E-state index in [1.54, 1.807) is 18.2 Å². The summed E-state index contributed by atoms with van der Waals surface area (Å²) in [6.45, 7) is 1.31. The number of hydrogen-bond acceptors (Lipinski definition) is 9. The predicted octanol–water partition coefficient (Wildman–Crippen LogP) is -0.795. The highest BCUT2D eigenvalue weighted by Gasteiger charge is 2.39. The maximum Gasteiger partial charge on any atom is 0.363 e. The van der Waals surface area contributed by atoms with Gasteiger partial charge in [-0.1, -0.05) is 18.2 Å². The number of aromatic hydroxyl groups is 1. The number of imidazole rings is 1. The monoisotopic (exact) mass is 521 g/mol. The summed E-state index contributed by atoms with van der Waals surface area (Å²) in [5.41, 5.74) is 16.6. The highest BCUT2D eigenvalue weighted by molar-refractivity contribution is 7.71. The number of carboxylic acid groups (broad SMARTS) is 1. The van der Waals surface area contributed by atoms with E-state index in [0.717, 1.165) is 11.8 Å². The smallest absolute Gasteiger partial charge is 0.363 e. The largest absolute Gasteiger partial charge is 0.491 e. The Morgan fingerprint density at radius 3 is 2.42 bits per heavy atom. The van der Waals surface area contributed by atoms with Crippen LogP contribution in [0.25, 0.3) is 0 Å². The van der Waals surface area contributed by atoms with E-state index in [0.29, 0.717) is 11.2 Å². The number of carbonyl (C=O) groups is 4. The number of ketones is 1. The maximum atomic E-state index is 13.1. The lowest BCUT2D eigenvalue weighted by Gasteiger charge is -2.30. The molecule has 194 valence electrons. The van der Waals surface area contributed by atoms with Crippen molar-refractivity contribution in [2.24, 2.45) is 22.2 Å². The number of aryl methyl sites for hydroxylation is 1. The summed E-state index contributed by atoms with van der Waals surface area (Å²) in [4.78, 5) is 62.3. The number of aliphatic imine (C=N–C) groups is 1. The topological polar surface area (TPSA) is 232 Å². The van der Waals surface area contributed by atoms with Crippen LogP contribution in [0.1, 0.15) is 25.5 Å². The number of carboxylic acids is 1. The van der Waals surface area contributed by atoms with Crippen LogP contribution in [0.4, 0.5) is 5.69 Å². The molecule has 0 bridgehead atoms. The fraction of sp³-hybridized carbons (Fsp3) is 0.333. The molecule has 0 aliphatic rings. The fourth-order valence-electron chi connectivity index (χ4n) is 3.22. The Hall–Kier alpha value is -4.24. The van der Waals surface area contributed by atoms with Crippen LogP contribution in [-0.2, 0) is 25.6 Å². The number of nitrogens with one attached hydrogen (secondary N) is 1. The molecule has 1 amide bonds. The van der Waals surface area contributed by atoms with Crippen molar-refractivity contribution in [1.29, 1.82) is 0 Å². The molecule has 14 nitrogen and oxygen atoms in total. The van der Waals surface area contributed by atoms with Gasteiger partial charge >= 0.3 is 11.9 Å². The predicted molar refractivity (Wildman–Crippen MR) is 130 cm³/mol. The van der Waals surface area contributed by atoms with Crippen molar-refractivity contribution >= 4 is 47.5 Å². The summed E-state index contributed by atoms with van der Waals surface area (Å²) >= 11 is 5.10. The van der Waals surface area contributed by atoms with Gasteiger partial charge in [-0.25, -0.2) is 4.79 Å². The first-order valence-corrected chi connectivity index (χ1v) is 11.0. The van der Waals surface area contributed by atoms with Crippen molar-refractivity contribution in [3.8, 4) is 5.88 Å². The van der Waals surface area contributed by atoms with Crippen molar-refractivity contribution in [1.82, 2.24) is 9.71 Å². The first kappa shape index (κ1) is 28.0. The van der Waals surface area contributed by atoms with E-state index in [1.165, 1.54) is 12.1 Å². The van der Waals surface area contributed by atoms with Crippen LogP contribution in [0.3, 0.4) is 0 Å². The number of benzene rings is 1. The number of anilines is 1. The molecule has 0 aliphatic carbocycles. The number of H-pyrrole nitrogens is 1. The van der Waals surface area contributed by atoms with Crippen LogP contribution >= 0.6 is 12.2 Å². The van der Waals surface area contributed by atoms with Gasteiger partial charge in [-0.2, -0.15) is 0 Å². The molecule has 2 rings (SSSR count). The van der Waals surface area contributed by atoms with Crippen molar-refractivity contribution in [2.45, 2.75) is 38.3 Å². The molecule has 15 heteroatoms. The van der Waals surface area contributed by atoms with Gasteiger partial charge in [0.15, 0.2) is 17.8 Å². The van der Waals surface area contributed by atoms with E-state index in [1.807, 2.05) is 0 Å². The minimum Gasteiger partial charge on any atom is -0.491 e. The number of amides is 1. The Morgan fingerprint density at radius 1 is 1.22 bits per heavy atom. The quantitative estimate of drug-likeness (QED) is 0.0665. The lowest BCUT2D eigenvalue weighted by Crippen LogP contribution is -2.56. The molecule has 0 saturated heterocycles. The van der Waals surface area contributed by atoms with Gasteiger partial charge in [-0.05, 0) is 44.1 Å². The number of guanidine groups is 1. The Kier molecular flexibility index (Phi) is 9.69. The highest BCUT2D eigenvalue weighted by Crippen LogP contribution is 2.22. The molecular formula is C21H27N7O7S. The molecule has 0 radical (unpaired) electrons. The van der Waals surface area contributed by atoms with Crippen molar-refractivity contribution in [2.75, 3.05) is 11.4 Å². The molecule has 1 aromatic heterocycles. The number of para-hydroxylation sites is 1. The van der Waals surface area contributed by atoms with E-state index >= 15 is 0 Å².